The van der Waals surface area contributed by atoms with Gasteiger partial charge in [0.05, 0.1) is 5.69 Å². The first-order valence-corrected chi connectivity index (χ1v) is 4.96. The van der Waals surface area contributed by atoms with Gasteiger partial charge in [-0.3, -0.25) is 4.79 Å². The number of hydrogen-bond acceptors (Lipinski definition) is 2. The fraction of sp³-hybridized carbons (Fsp3) is 0.300. The molecule has 1 aromatic carbocycles. The zero-order valence-electron chi connectivity index (χ0n) is 7.91. The number of rotatable bonds is 1. The van der Waals surface area contributed by atoms with Gasteiger partial charge in [0.1, 0.15) is 5.82 Å². The molecule has 1 fully saturated rings. The Bertz CT molecular complexity index is 410. The Morgan fingerprint density at radius 3 is 2.80 bits per heavy atom. The van der Waals surface area contributed by atoms with E-state index in [1.54, 1.807) is 6.07 Å². The van der Waals surface area contributed by atoms with Gasteiger partial charge in [-0.15, -0.1) is 0 Å². The number of nitrogens with zero attached hydrogens (tertiary/aromatic N) is 1. The van der Waals surface area contributed by atoms with Crippen molar-refractivity contribution < 1.29 is 9.18 Å². The van der Waals surface area contributed by atoms with Crippen LogP contribution >= 0.6 is 11.6 Å². The summed E-state index contributed by atoms with van der Waals surface area (Å²) in [7, 11) is 0. The third kappa shape index (κ3) is 1.96. The third-order valence-electron chi connectivity index (χ3n) is 2.36. The van der Waals surface area contributed by atoms with Crippen LogP contribution in [0.15, 0.2) is 18.2 Å². The number of halogens is 2. The number of benzene rings is 1. The first-order valence-electron chi connectivity index (χ1n) is 4.59. The van der Waals surface area contributed by atoms with Crippen LogP contribution in [-0.2, 0) is 4.79 Å². The van der Waals surface area contributed by atoms with E-state index < -0.39 is 5.82 Å². The normalized spacial score (nSPS) is 21.1. The van der Waals surface area contributed by atoms with E-state index in [1.807, 2.05) is 0 Å². The fourth-order valence-electron chi connectivity index (χ4n) is 1.67. The van der Waals surface area contributed by atoms with Crippen molar-refractivity contribution >= 4 is 23.2 Å². The van der Waals surface area contributed by atoms with Crippen molar-refractivity contribution in [3.63, 3.8) is 0 Å². The lowest BCUT2D eigenvalue weighted by molar-refractivity contribution is -0.117. The number of carbonyl (C=O) groups excluding carboxylic acids is 1. The van der Waals surface area contributed by atoms with E-state index in [4.69, 9.17) is 17.3 Å². The molecule has 1 aliphatic heterocycles. The Morgan fingerprint density at radius 2 is 2.27 bits per heavy atom. The highest BCUT2D eigenvalue weighted by molar-refractivity contribution is 6.30. The highest BCUT2D eigenvalue weighted by Gasteiger charge is 2.29. The molecule has 0 radical (unpaired) electrons. The summed E-state index contributed by atoms with van der Waals surface area (Å²) >= 11 is 5.62. The smallest absolute Gasteiger partial charge is 0.228 e. The van der Waals surface area contributed by atoms with Crippen molar-refractivity contribution in [2.45, 2.75) is 12.5 Å². The summed E-state index contributed by atoms with van der Waals surface area (Å²) in [6, 6.07) is 4.02. The van der Waals surface area contributed by atoms with Crippen molar-refractivity contribution in [2.24, 2.45) is 5.73 Å². The quantitative estimate of drug-likeness (QED) is 0.793. The molecule has 1 saturated heterocycles. The summed E-state index contributed by atoms with van der Waals surface area (Å²) in [5, 5.41) is 0.312. The second-order valence-electron chi connectivity index (χ2n) is 3.56. The first kappa shape index (κ1) is 10.4. The van der Waals surface area contributed by atoms with Crippen molar-refractivity contribution in [3.05, 3.63) is 29.0 Å². The van der Waals surface area contributed by atoms with Gasteiger partial charge in [0.15, 0.2) is 0 Å². The summed E-state index contributed by atoms with van der Waals surface area (Å²) in [5.74, 6) is -0.645. The molecule has 1 aromatic rings. The van der Waals surface area contributed by atoms with Crippen LogP contribution in [0.1, 0.15) is 6.42 Å². The van der Waals surface area contributed by atoms with Crippen molar-refractivity contribution in [1.82, 2.24) is 0 Å². The number of hydrogen-bond donors (Lipinski definition) is 1. The van der Waals surface area contributed by atoms with Gasteiger partial charge in [-0.25, -0.2) is 4.39 Å². The van der Waals surface area contributed by atoms with E-state index in [2.05, 4.69) is 0 Å². The van der Waals surface area contributed by atoms with Crippen molar-refractivity contribution in [1.29, 1.82) is 0 Å². The SMILES string of the molecule is NC1CC(=O)N(c2ccc(Cl)cc2F)C1. The van der Waals surface area contributed by atoms with Gasteiger partial charge < -0.3 is 10.6 Å². The maximum Gasteiger partial charge on any atom is 0.228 e. The number of nitrogens with two attached hydrogens (primary N) is 1. The van der Waals surface area contributed by atoms with Gasteiger partial charge in [-0.05, 0) is 18.2 Å². The highest BCUT2D eigenvalue weighted by atomic mass is 35.5. The molecule has 2 N–H and O–H groups in total. The molecule has 1 atom stereocenters. The van der Waals surface area contributed by atoms with E-state index in [-0.39, 0.29) is 24.1 Å². The predicted octanol–water partition coefficient (Wildman–Crippen LogP) is 1.54. The topological polar surface area (TPSA) is 46.3 Å². The Hall–Kier alpha value is -1.13. The maximum absolute atomic E-state index is 13.5. The van der Waals surface area contributed by atoms with Crippen molar-refractivity contribution in [3.8, 4) is 0 Å². The lowest BCUT2D eigenvalue weighted by Crippen LogP contribution is -2.28. The fourth-order valence-corrected chi connectivity index (χ4v) is 1.83. The predicted molar refractivity (Wildman–Crippen MR) is 56.4 cm³/mol. The third-order valence-corrected chi connectivity index (χ3v) is 2.59. The molecule has 1 unspecified atom stereocenters. The van der Waals surface area contributed by atoms with Gasteiger partial charge in [0, 0.05) is 24.0 Å². The largest absolute Gasteiger partial charge is 0.326 e. The average molecular weight is 229 g/mol. The molecule has 1 aliphatic rings. The maximum atomic E-state index is 13.5. The Kier molecular flexibility index (Phi) is 2.63. The summed E-state index contributed by atoms with van der Waals surface area (Å²) in [6.45, 7) is 0.359. The molecule has 1 heterocycles. The number of carbonyl (C=O) groups is 1. The molecule has 0 aliphatic carbocycles. The van der Waals surface area contributed by atoms with Crippen LogP contribution in [0.5, 0.6) is 0 Å². The summed E-state index contributed by atoms with van der Waals surface area (Å²) in [4.78, 5) is 12.8. The summed E-state index contributed by atoms with van der Waals surface area (Å²) in [6.07, 6.45) is 0.266. The standard InChI is InChI=1S/C10H10ClFN2O/c11-6-1-2-9(8(12)3-6)14-5-7(13)4-10(14)15/h1-3,7H,4-5,13H2. The van der Waals surface area contributed by atoms with Crippen LogP contribution in [0.2, 0.25) is 5.02 Å². The van der Waals surface area contributed by atoms with Gasteiger partial charge in [-0.2, -0.15) is 0 Å². The minimum absolute atomic E-state index is 0.149. The number of amides is 1. The molecule has 15 heavy (non-hydrogen) atoms. The minimum Gasteiger partial charge on any atom is -0.326 e. The lowest BCUT2D eigenvalue weighted by Gasteiger charge is -2.16. The van der Waals surface area contributed by atoms with Crippen LogP contribution in [0.3, 0.4) is 0 Å². The second kappa shape index (κ2) is 3.79. The monoisotopic (exact) mass is 228 g/mol. The molecular formula is C10H10ClFN2O. The van der Waals surface area contributed by atoms with Gasteiger partial charge in [0.25, 0.3) is 0 Å². The zero-order chi connectivity index (χ0) is 11.0. The van der Waals surface area contributed by atoms with Gasteiger partial charge in [0.2, 0.25) is 5.91 Å². The van der Waals surface area contributed by atoms with Crippen molar-refractivity contribution in [2.75, 3.05) is 11.4 Å². The summed E-state index contributed by atoms with van der Waals surface area (Å²) in [5.41, 5.74) is 5.87. The molecule has 5 heteroatoms. The molecular weight excluding hydrogens is 219 g/mol. The van der Waals surface area contributed by atoms with E-state index in [0.717, 1.165) is 0 Å². The van der Waals surface area contributed by atoms with Crippen LogP contribution in [0.4, 0.5) is 10.1 Å². The Morgan fingerprint density at radius 1 is 1.53 bits per heavy atom. The van der Waals surface area contributed by atoms with Crippen LogP contribution in [-0.4, -0.2) is 18.5 Å². The van der Waals surface area contributed by atoms with Crippen LogP contribution < -0.4 is 10.6 Å². The van der Waals surface area contributed by atoms with Gasteiger partial charge >= 0.3 is 0 Å². The van der Waals surface area contributed by atoms with E-state index in [9.17, 15) is 9.18 Å². The molecule has 0 spiro atoms. The molecule has 80 valence electrons. The zero-order valence-corrected chi connectivity index (χ0v) is 8.67. The Balaban J connectivity index is 2.34. The average Bonchev–Trinajstić information content (AvgIpc) is 2.45. The van der Waals surface area contributed by atoms with E-state index in [0.29, 0.717) is 11.6 Å². The molecule has 0 aromatic heterocycles. The minimum atomic E-state index is -0.495. The molecule has 2 rings (SSSR count). The summed E-state index contributed by atoms with van der Waals surface area (Å²) < 4.78 is 13.5. The molecule has 3 nitrogen and oxygen atoms in total. The van der Waals surface area contributed by atoms with Crippen LogP contribution in [0, 0.1) is 5.82 Å². The molecule has 1 amide bonds. The van der Waals surface area contributed by atoms with Gasteiger partial charge in [-0.1, -0.05) is 11.6 Å². The van der Waals surface area contributed by atoms with E-state index >= 15 is 0 Å². The highest BCUT2D eigenvalue weighted by Crippen LogP contribution is 2.26. The number of anilines is 1. The van der Waals surface area contributed by atoms with E-state index in [1.165, 1.54) is 17.0 Å². The first-order chi connectivity index (χ1) is 7.08. The second-order valence-corrected chi connectivity index (χ2v) is 4.00. The molecule has 0 bridgehead atoms. The molecule has 0 saturated carbocycles. The lowest BCUT2D eigenvalue weighted by atomic mass is 10.3. The Labute approximate surface area is 91.6 Å². The van der Waals surface area contributed by atoms with Crippen LogP contribution in [0.25, 0.3) is 0 Å².